The molecule has 136 valence electrons. The highest BCUT2D eigenvalue weighted by Crippen LogP contribution is 2.08. The summed E-state index contributed by atoms with van der Waals surface area (Å²) in [6, 6.07) is 0. The van der Waals surface area contributed by atoms with E-state index in [0.29, 0.717) is 13.2 Å². The summed E-state index contributed by atoms with van der Waals surface area (Å²) in [7, 11) is 0. The van der Waals surface area contributed by atoms with Gasteiger partial charge in [0.1, 0.15) is 12.7 Å². The zero-order valence-electron chi connectivity index (χ0n) is 14.2. The van der Waals surface area contributed by atoms with Gasteiger partial charge in [0.05, 0.1) is 13.2 Å². The van der Waals surface area contributed by atoms with E-state index in [1.165, 1.54) is 21.8 Å². The van der Waals surface area contributed by atoms with Crippen LogP contribution in [0, 0.1) is 0 Å². The maximum atomic E-state index is 11.5. The summed E-state index contributed by atoms with van der Waals surface area (Å²) in [4.78, 5) is 30.6. The van der Waals surface area contributed by atoms with Gasteiger partial charge in [0, 0.05) is 24.8 Å². The van der Waals surface area contributed by atoms with Gasteiger partial charge in [0.15, 0.2) is 0 Å². The Bertz CT molecular complexity index is 556. The van der Waals surface area contributed by atoms with Crippen molar-refractivity contribution in [2.24, 2.45) is 0 Å². The lowest BCUT2D eigenvalue weighted by Crippen LogP contribution is -2.12. The Balaban J connectivity index is 1.35. The van der Waals surface area contributed by atoms with Gasteiger partial charge in [-0.15, -0.1) is 0 Å². The fourth-order valence-electron chi connectivity index (χ4n) is 2.29. The van der Waals surface area contributed by atoms with Crippen molar-refractivity contribution in [3.63, 3.8) is 0 Å². The molecule has 0 aromatic carbocycles. The van der Waals surface area contributed by atoms with Crippen molar-refractivity contribution in [1.82, 2.24) is 19.1 Å². The number of rotatable bonds is 10. The van der Waals surface area contributed by atoms with Crippen LogP contribution in [0.2, 0.25) is 0 Å². The highest BCUT2D eigenvalue weighted by atomic mass is 16.6. The van der Waals surface area contributed by atoms with E-state index in [-0.39, 0.29) is 12.2 Å². The van der Waals surface area contributed by atoms with Crippen molar-refractivity contribution >= 4 is 12.2 Å². The predicted octanol–water partition coefficient (Wildman–Crippen LogP) is 3.48. The second-order valence-corrected chi connectivity index (χ2v) is 5.64. The summed E-state index contributed by atoms with van der Waals surface area (Å²) < 4.78 is 12.9. The van der Waals surface area contributed by atoms with Crippen molar-refractivity contribution < 1.29 is 19.1 Å². The average molecular weight is 348 g/mol. The van der Waals surface area contributed by atoms with Crippen LogP contribution in [0.15, 0.2) is 37.4 Å². The lowest BCUT2D eigenvalue weighted by atomic mass is 10.1. The molecule has 0 radical (unpaired) electrons. The smallest absolute Gasteiger partial charge is 0.419 e. The molecule has 0 saturated carbocycles. The molecular weight excluding hydrogens is 324 g/mol. The maximum Gasteiger partial charge on any atom is 0.419 e. The quantitative estimate of drug-likeness (QED) is 0.611. The molecule has 0 bridgehead atoms. The summed E-state index contributed by atoms with van der Waals surface area (Å²) >= 11 is 0. The maximum absolute atomic E-state index is 11.5. The molecule has 2 rings (SSSR count). The normalized spacial score (nSPS) is 10.6. The predicted molar refractivity (Wildman–Crippen MR) is 90.3 cm³/mol. The summed E-state index contributed by atoms with van der Waals surface area (Å²) in [5, 5.41) is 0. The number of carbonyl (C=O) groups is 2. The first-order chi connectivity index (χ1) is 12.3. The molecule has 0 fully saturated rings. The number of ether oxygens (including phenoxy) is 2. The van der Waals surface area contributed by atoms with Gasteiger partial charge in [-0.1, -0.05) is 32.1 Å². The summed E-state index contributed by atoms with van der Waals surface area (Å²) in [6.45, 7) is 0.864. The first kappa shape index (κ1) is 18.7. The zero-order chi connectivity index (χ0) is 17.7. The Hall–Kier alpha value is -2.64. The van der Waals surface area contributed by atoms with Crippen LogP contribution in [-0.2, 0) is 9.47 Å². The third kappa shape index (κ3) is 7.19. The lowest BCUT2D eigenvalue weighted by molar-refractivity contribution is 0.145. The molecule has 0 aliphatic carbocycles. The topological polar surface area (TPSA) is 88.2 Å². The Morgan fingerprint density at radius 2 is 1.08 bits per heavy atom. The summed E-state index contributed by atoms with van der Waals surface area (Å²) in [6.07, 6.45) is 15.4. The molecule has 0 saturated heterocycles. The molecule has 0 unspecified atom stereocenters. The van der Waals surface area contributed by atoms with Crippen LogP contribution in [0.4, 0.5) is 9.59 Å². The third-order valence-corrected chi connectivity index (χ3v) is 3.67. The number of nitrogens with zero attached hydrogens (tertiary/aromatic N) is 4. The Kier molecular flexibility index (Phi) is 8.23. The molecule has 8 heteroatoms. The van der Waals surface area contributed by atoms with Crippen LogP contribution >= 0.6 is 0 Å². The van der Waals surface area contributed by atoms with E-state index < -0.39 is 0 Å². The van der Waals surface area contributed by atoms with Gasteiger partial charge in [0.2, 0.25) is 0 Å². The number of aromatic nitrogens is 4. The number of carbonyl (C=O) groups excluding carboxylic acids is 2. The Morgan fingerprint density at radius 1 is 0.680 bits per heavy atom. The minimum absolute atomic E-state index is 0.386. The number of hydrogen-bond acceptors (Lipinski definition) is 6. The van der Waals surface area contributed by atoms with Gasteiger partial charge in [-0.05, 0) is 12.8 Å². The molecule has 0 spiro atoms. The third-order valence-electron chi connectivity index (χ3n) is 3.67. The second kappa shape index (κ2) is 11.0. The van der Waals surface area contributed by atoms with Gasteiger partial charge in [0.25, 0.3) is 0 Å². The monoisotopic (exact) mass is 348 g/mol. The van der Waals surface area contributed by atoms with Crippen molar-refractivity contribution in [3.8, 4) is 0 Å². The van der Waals surface area contributed by atoms with Crippen molar-refractivity contribution in [2.75, 3.05) is 13.2 Å². The average Bonchev–Trinajstić information content (AvgIpc) is 3.32. The first-order valence-corrected chi connectivity index (χ1v) is 8.57. The van der Waals surface area contributed by atoms with Crippen LogP contribution in [0.25, 0.3) is 0 Å². The van der Waals surface area contributed by atoms with Crippen LogP contribution in [0.1, 0.15) is 44.9 Å². The van der Waals surface area contributed by atoms with Crippen LogP contribution in [0.3, 0.4) is 0 Å². The zero-order valence-corrected chi connectivity index (χ0v) is 14.2. The van der Waals surface area contributed by atoms with E-state index in [2.05, 4.69) is 9.97 Å². The Morgan fingerprint density at radius 3 is 1.44 bits per heavy atom. The fourth-order valence-corrected chi connectivity index (χ4v) is 2.29. The minimum atomic E-state index is -0.386. The molecule has 2 aromatic rings. The van der Waals surface area contributed by atoms with Crippen molar-refractivity contribution in [2.45, 2.75) is 44.9 Å². The minimum Gasteiger partial charge on any atom is -0.449 e. The molecular formula is C17H24N4O4. The number of unbranched alkanes of at least 4 members (excludes halogenated alkanes) is 6. The van der Waals surface area contributed by atoms with Gasteiger partial charge in [-0.25, -0.2) is 28.7 Å². The standard InChI is InChI=1S/C17H24N4O4/c22-16(20-10-8-18-14-20)24-12-6-4-2-1-3-5-7-13-25-17(23)21-11-9-19-15-21/h8-11,14-15H,1-7,12-13H2. The van der Waals surface area contributed by atoms with E-state index in [9.17, 15) is 9.59 Å². The fraction of sp³-hybridized carbons (Fsp3) is 0.529. The second-order valence-electron chi connectivity index (χ2n) is 5.64. The molecule has 2 aromatic heterocycles. The summed E-state index contributed by atoms with van der Waals surface area (Å²) in [5.41, 5.74) is 0. The molecule has 2 heterocycles. The molecule has 8 nitrogen and oxygen atoms in total. The molecule has 0 N–H and O–H groups in total. The van der Waals surface area contributed by atoms with Crippen molar-refractivity contribution in [3.05, 3.63) is 37.4 Å². The van der Waals surface area contributed by atoms with E-state index in [4.69, 9.17) is 9.47 Å². The highest BCUT2D eigenvalue weighted by molar-refractivity contribution is 5.70. The van der Waals surface area contributed by atoms with E-state index >= 15 is 0 Å². The molecule has 0 amide bonds. The van der Waals surface area contributed by atoms with Crippen LogP contribution in [-0.4, -0.2) is 44.5 Å². The molecule has 0 atom stereocenters. The van der Waals surface area contributed by atoms with Gasteiger partial charge >= 0.3 is 12.2 Å². The van der Waals surface area contributed by atoms with Crippen LogP contribution < -0.4 is 0 Å². The largest absolute Gasteiger partial charge is 0.449 e. The van der Waals surface area contributed by atoms with E-state index in [1.54, 1.807) is 24.8 Å². The van der Waals surface area contributed by atoms with Crippen LogP contribution in [0.5, 0.6) is 0 Å². The summed E-state index contributed by atoms with van der Waals surface area (Å²) in [5.74, 6) is 0. The molecule has 0 aliphatic heterocycles. The van der Waals surface area contributed by atoms with Crippen molar-refractivity contribution in [1.29, 1.82) is 0 Å². The van der Waals surface area contributed by atoms with E-state index in [0.717, 1.165) is 44.9 Å². The van der Waals surface area contributed by atoms with Gasteiger partial charge in [-0.3, -0.25) is 0 Å². The van der Waals surface area contributed by atoms with E-state index in [1.807, 2.05) is 0 Å². The first-order valence-electron chi connectivity index (χ1n) is 8.57. The SMILES string of the molecule is O=C(OCCCCCCCCCOC(=O)n1ccnc1)n1ccnc1. The molecule has 0 aliphatic rings. The highest BCUT2D eigenvalue weighted by Gasteiger charge is 2.04. The van der Waals surface area contributed by atoms with Gasteiger partial charge < -0.3 is 9.47 Å². The molecule has 25 heavy (non-hydrogen) atoms. The van der Waals surface area contributed by atoms with Gasteiger partial charge in [-0.2, -0.15) is 0 Å². The Labute approximate surface area is 146 Å². The number of imidazole rings is 2. The number of hydrogen-bond donors (Lipinski definition) is 0. The lowest BCUT2D eigenvalue weighted by Gasteiger charge is -2.05.